The molecule has 1 aliphatic rings. The maximum Gasteiger partial charge on any atom is 2.00 e. The molecule has 0 saturated carbocycles. The Balaban J connectivity index is -0.0000000104. The Labute approximate surface area is 103 Å². The minimum Gasteiger partial charge on any atom is -1.00 e. The summed E-state index contributed by atoms with van der Waals surface area (Å²) in [5, 5.41) is 0. The van der Waals surface area contributed by atoms with Crippen LogP contribution in [0.4, 0.5) is 0 Å². The fourth-order valence-electron chi connectivity index (χ4n) is 0.340. The molecule has 0 spiro atoms. The van der Waals surface area contributed by atoms with Gasteiger partial charge >= 0.3 is 26.2 Å². The van der Waals surface area contributed by atoms with Crippen molar-refractivity contribution in [2.75, 3.05) is 0 Å². The molecule has 68 valence electrons. The largest absolute Gasteiger partial charge is 2.00 e. The first-order valence-corrected chi connectivity index (χ1v) is 1.72. The first kappa shape index (κ1) is 40.5. The van der Waals surface area contributed by atoms with Gasteiger partial charge in [0.25, 0.3) is 0 Å². The zero-order chi connectivity index (χ0) is 3.54. The van der Waals surface area contributed by atoms with Crippen molar-refractivity contribution in [3.05, 3.63) is 46.6 Å². The van der Waals surface area contributed by atoms with Crippen molar-refractivity contribution in [2.45, 2.75) is 6.42 Å². The third kappa shape index (κ3) is 24.8. The topological polar surface area (TPSA) is 0 Å². The molecule has 3 heteroatoms. The number of rotatable bonds is 0. The normalized spacial score (nSPS) is 8.00. The van der Waals surface area contributed by atoms with Gasteiger partial charge in [0.05, 0.1) is 0 Å². The van der Waals surface area contributed by atoms with Gasteiger partial charge in [-0.3, -0.25) is 6.08 Å². The van der Waals surface area contributed by atoms with Crippen molar-refractivity contribution in [1.82, 2.24) is 0 Å². The Kier molecular flexibility index (Phi) is 113. The van der Waals surface area contributed by atoms with Gasteiger partial charge < -0.3 is 47.1 Å². The SMILES string of the molecule is [C-]1=CC=CC1.[CH3-].[CH3-].[CH3-].[Cl-].[Cl-].[Zr+2]. The zero-order valence-corrected chi connectivity index (χ0v) is 11.2. The average molecular weight is 272 g/mol. The maximum absolute atomic E-state index is 2.99. The van der Waals surface area contributed by atoms with Crippen LogP contribution < -0.4 is 24.8 Å². The van der Waals surface area contributed by atoms with Crippen LogP contribution in [-0.2, 0) is 26.2 Å². The second-order valence-corrected chi connectivity index (χ2v) is 1.00. The zero-order valence-electron chi connectivity index (χ0n) is 7.20. The third-order valence-corrected chi connectivity index (χ3v) is 0.586. The van der Waals surface area contributed by atoms with Gasteiger partial charge in [-0.25, -0.2) is 12.2 Å². The summed E-state index contributed by atoms with van der Waals surface area (Å²) >= 11 is 0. The molecular weight excluding hydrogens is 258 g/mol. The van der Waals surface area contributed by atoms with Crippen molar-refractivity contribution in [3.8, 4) is 0 Å². The molecule has 0 fully saturated rings. The molecule has 11 heavy (non-hydrogen) atoms. The summed E-state index contributed by atoms with van der Waals surface area (Å²) < 4.78 is 0. The monoisotopic (exact) mass is 270 g/mol. The van der Waals surface area contributed by atoms with Crippen molar-refractivity contribution >= 4 is 0 Å². The Hall–Kier alpha value is 0.943. The summed E-state index contributed by atoms with van der Waals surface area (Å²) in [6, 6.07) is 0. The van der Waals surface area contributed by atoms with Crippen LogP contribution in [0.25, 0.3) is 0 Å². The van der Waals surface area contributed by atoms with Crippen LogP contribution in [0.2, 0.25) is 0 Å². The van der Waals surface area contributed by atoms with Crippen molar-refractivity contribution in [2.24, 2.45) is 0 Å². The second-order valence-electron chi connectivity index (χ2n) is 1.00. The second kappa shape index (κ2) is 30.6. The molecule has 0 aromatic carbocycles. The summed E-state index contributed by atoms with van der Waals surface area (Å²) in [5.41, 5.74) is 0. The van der Waals surface area contributed by atoms with Crippen molar-refractivity contribution in [1.29, 1.82) is 0 Å². The molecular formula is C8H14Cl2Zr-4. The number of hydrogen-bond acceptors (Lipinski definition) is 0. The van der Waals surface area contributed by atoms with Gasteiger partial charge in [-0.1, -0.05) is 0 Å². The Morgan fingerprint density at radius 3 is 1.55 bits per heavy atom. The fourth-order valence-corrected chi connectivity index (χ4v) is 0.340. The smallest absolute Gasteiger partial charge is 1.00 e. The molecule has 0 aromatic rings. The maximum atomic E-state index is 2.99. The molecule has 0 N–H and O–H groups in total. The number of allylic oxidation sites excluding steroid dienone is 4. The quantitative estimate of drug-likeness (QED) is 0.405. The molecule has 0 aromatic heterocycles. The predicted molar refractivity (Wildman–Crippen MR) is 40.8 cm³/mol. The van der Waals surface area contributed by atoms with Crippen LogP contribution in [0.15, 0.2) is 18.2 Å². The Bertz CT molecular complexity index is 70.2. The van der Waals surface area contributed by atoms with E-state index in [1.54, 1.807) is 0 Å². The minimum atomic E-state index is 0. The van der Waals surface area contributed by atoms with Gasteiger partial charge in [-0.2, -0.15) is 6.08 Å². The van der Waals surface area contributed by atoms with Gasteiger partial charge in [-0.15, -0.1) is 6.42 Å². The van der Waals surface area contributed by atoms with Crippen LogP contribution in [0.5, 0.6) is 0 Å². The van der Waals surface area contributed by atoms with E-state index in [-0.39, 0.29) is 73.3 Å². The molecule has 0 heterocycles. The van der Waals surface area contributed by atoms with Gasteiger partial charge in [0.2, 0.25) is 0 Å². The van der Waals surface area contributed by atoms with E-state index in [4.69, 9.17) is 0 Å². The predicted octanol–water partition coefficient (Wildman–Crippen LogP) is -3.34. The van der Waals surface area contributed by atoms with E-state index < -0.39 is 0 Å². The molecule has 0 aliphatic heterocycles. The molecule has 1 aliphatic carbocycles. The molecule has 0 amide bonds. The summed E-state index contributed by atoms with van der Waals surface area (Å²) in [6.45, 7) is 0. The summed E-state index contributed by atoms with van der Waals surface area (Å²) in [5.74, 6) is 0. The van der Waals surface area contributed by atoms with Crippen LogP contribution in [0.3, 0.4) is 0 Å². The Morgan fingerprint density at radius 1 is 1.00 bits per heavy atom. The van der Waals surface area contributed by atoms with E-state index in [0.717, 1.165) is 6.42 Å². The third-order valence-electron chi connectivity index (χ3n) is 0.586. The first-order chi connectivity index (χ1) is 2.50. The molecule has 0 saturated heterocycles. The molecule has 0 radical (unpaired) electrons. The minimum absolute atomic E-state index is 0. The number of halogens is 2. The van der Waals surface area contributed by atoms with Gasteiger partial charge in [-0.05, 0) is 0 Å². The van der Waals surface area contributed by atoms with Crippen LogP contribution in [-0.4, -0.2) is 0 Å². The van der Waals surface area contributed by atoms with E-state index in [1.165, 1.54) is 0 Å². The van der Waals surface area contributed by atoms with Gasteiger partial charge in [0, 0.05) is 0 Å². The molecule has 0 unspecified atom stereocenters. The van der Waals surface area contributed by atoms with Crippen LogP contribution >= 0.6 is 0 Å². The molecule has 0 atom stereocenters. The van der Waals surface area contributed by atoms with E-state index in [2.05, 4.69) is 12.2 Å². The fraction of sp³-hybridized carbons (Fsp3) is 0.125. The van der Waals surface area contributed by atoms with Gasteiger partial charge in [0.15, 0.2) is 0 Å². The standard InChI is InChI=1S/C5H5.3CH3.2ClH.Zr/c1-2-4-5-3-1;;;;;;/h1-3H,4H2;3*1H3;2*1H;/q4*-1;;;+2/p-2. The molecule has 0 bridgehead atoms. The number of hydrogen-bond donors (Lipinski definition) is 0. The van der Waals surface area contributed by atoms with Gasteiger partial charge in [0.1, 0.15) is 0 Å². The summed E-state index contributed by atoms with van der Waals surface area (Å²) in [6.07, 6.45) is 10.0. The first-order valence-electron chi connectivity index (χ1n) is 1.72. The van der Waals surface area contributed by atoms with E-state index >= 15 is 0 Å². The van der Waals surface area contributed by atoms with E-state index in [9.17, 15) is 0 Å². The summed E-state index contributed by atoms with van der Waals surface area (Å²) in [4.78, 5) is 0. The molecule has 0 nitrogen and oxygen atoms in total. The van der Waals surface area contributed by atoms with E-state index in [1.807, 2.05) is 12.2 Å². The average Bonchev–Trinajstić information content (AvgIpc) is 1.76. The van der Waals surface area contributed by atoms with Crippen molar-refractivity contribution < 1.29 is 51.0 Å². The van der Waals surface area contributed by atoms with Crippen LogP contribution in [0.1, 0.15) is 6.42 Å². The molecule has 1 rings (SSSR count). The van der Waals surface area contributed by atoms with Crippen LogP contribution in [0, 0.1) is 28.4 Å². The van der Waals surface area contributed by atoms with E-state index in [0.29, 0.717) is 0 Å². The Morgan fingerprint density at radius 2 is 1.45 bits per heavy atom. The summed E-state index contributed by atoms with van der Waals surface area (Å²) in [7, 11) is 0. The van der Waals surface area contributed by atoms with Crippen molar-refractivity contribution in [3.63, 3.8) is 0 Å².